The van der Waals surface area contributed by atoms with Gasteiger partial charge < -0.3 is 20.8 Å². The van der Waals surface area contributed by atoms with Crippen LogP contribution in [-0.2, 0) is 20.7 Å². The minimum Gasteiger partial charge on any atom is -0.455 e. The molecule has 2 aromatic rings. The molecule has 3 N–H and O–H groups in total. The summed E-state index contributed by atoms with van der Waals surface area (Å²) in [5.41, 5.74) is 2.26. The number of nitrogens with zero attached hydrogens (tertiary/aromatic N) is 1. The van der Waals surface area contributed by atoms with Crippen molar-refractivity contribution >= 4 is 29.0 Å². The molecule has 0 unspecified atom stereocenters. The maximum absolute atomic E-state index is 12.2. The Morgan fingerprint density at radius 2 is 1.70 bits per heavy atom. The zero-order valence-corrected chi connectivity index (χ0v) is 16.6. The number of allylic oxidation sites excluding steroid dienone is 2. The van der Waals surface area contributed by atoms with Crippen molar-refractivity contribution in [1.82, 2.24) is 5.32 Å². The van der Waals surface area contributed by atoms with Crippen LogP contribution in [0.3, 0.4) is 0 Å². The van der Waals surface area contributed by atoms with Gasteiger partial charge in [-0.1, -0.05) is 30.3 Å². The number of ether oxygens (including phenoxy) is 1. The molecule has 1 amide bonds. The van der Waals surface area contributed by atoms with Crippen LogP contribution in [0.5, 0.6) is 0 Å². The van der Waals surface area contributed by atoms with Gasteiger partial charge in [-0.3, -0.25) is 19.7 Å². The van der Waals surface area contributed by atoms with Crippen molar-refractivity contribution in [2.45, 2.75) is 20.3 Å². The third-order valence-corrected chi connectivity index (χ3v) is 3.98. The zero-order valence-electron chi connectivity index (χ0n) is 16.6. The topological polar surface area (TPSA) is 134 Å². The number of amides is 1. The lowest BCUT2D eigenvalue weighted by Gasteiger charge is -2.15. The minimum absolute atomic E-state index is 0.0766. The fourth-order valence-corrected chi connectivity index (χ4v) is 2.54. The number of esters is 1. The van der Waals surface area contributed by atoms with Gasteiger partial charge in [-0.2, -0.15) is 0 Å². The lowest BCUT2D eigenvalue weighted by molar-refractivity contribution is -0.384. The molecule has 2 rings (SSSR count). The van der Waals surface area contributed by atoms with Crippen LogP contribution < -0.4 is 10.6 Å². The molecule has 30 heavy (non-hydrogen) atoms. The molecular formula is C21H22N4O5. The average Bonchev–Trinajstić information content (AvgIpc) is 2.71. The van der Waals surface area contributed by atoms with Gasteiger partial charge in [-0.05, 0) is 31.5 Å². The fraction of sp³-hybridized carbons (Fsp3) is 0.190. The highest BCUT2D eigenvalue weighted by atomic mass is 16.6. The van der Waals surface area contributed by atoms with E-state index in [1.54, 1.807) is 6.92 Å². The number of para-hydroxylation sites is 1. The quantitative estimate of drug-likeness (QED) is 0.251. The molecule has 0 aliphatic carbocycles. The molecule has 0 saturated heterocycles. The molecule has 0 spiro atoms. The van der Waals surface area contributed by atoms with Crippen LogP contribution in [0.15, 0.2) is 66.0 Å². The molecular weight excluding hydrogens is 388 g/mol. The van der Waals surface area contributed by atoms with E-state index in [0.29, 0.717) is 11.3 Å². The third-order valence-electron chi connectivity index (χ3n) is 3.98. The number of carbonyl (C=O) groups excluding carboxylic acids is 2. The number of hydrogen-bond donors (Lipinski definition) is 3. The standard InChI is InChI=1S/C21H22N4O5/c1-14(22)21(15(2)23-17-6-4-3-5-7-17)24-19(26)13-30-20(27)12-16-8-10-18(11-9-16)25(28)29/h3-11,22-23H,12-13H2,1-2H3,(H,24,26)/b21-15+,22-14?. The summed E-state index contributed by atoms with van der Waals surface area (Å²) in [6.07, 6.45) is -0.119. The first-order chi connectivity index (χ1) is 14.3. The van der Waals surface area contributed by atoms with Crippen LogP contribution >= 0.6 is 0 Å². The first-order valence-electron chi connectivity index (χ1n) is 9.03. The number of non-ortho nitro benzene ring substituents is 1. The van der Waals surface area contributed by atoms with Gasteiger partial charge in [0.1, 0.15) is 0 Å². The maximum atomic E-state index is 12.2. The summed E-state index contributed by atoms with van der Waals surface area (Å²) < 4.78 is 4.97. The van der Waals surface area contributed by atoms with Gasteiger partial charge >= 0.3 is 5.97 Å². The van der Waals surface area contributed by atoms with Crippen molar-refractivity contribution in [3.05, 3.63) is 81.7 Å². The fourth-order valence-electron chi connectivity index (χ4n) is 2.54. The molecule has 156 valence electrons. The van der Waals surface area contributed by atoms with E-state index in [1.807, 2.05) is 30.3 Å². The predicted molar refractivity (Wildman–Crippen MR) is 112 cm³/mol. The van der Waals surface area contributed by atoms with Crippen molar-refractivity contribution in [2.75, 3.05) is 11.9 Å². The number of nitro groups is 1. The second-order valence-corrected chi connectivity index (χ2v) is 6.43. The Labute approximate surface area is 173 Å². The summed E-state index contributed by atoms with van der Waals surface area (Å²) in [5.74, 6) is -1.22. The van der Waals surface area contributed by atoms with Gasteiger partial charge in [0.15, 0.2) is 6.61 Å². The molecule has 2 aromatic carbocycles. The van der Waals surface area contributed by atoms with Crippen LogP contribution in [0.25, 0.3) is 0 Å². The van der Waals surface area contributed by atoms with Gasteiger partial charge in [0.05, 0.1) is 22.8 Å². The lowest BCUT2D eigenvalue weighted by atomic mass is 10.1. The Balaban J connectivity index is 1.90. The molecule has 0 aliphatic heterocycles. The van der Waals surface area contributed by atoms with E-state index in [0.717, 1.165) is 5.69 Å². The zero-order chi connectivity index (χ0) is 22.1. The van der Waals surface area contributed by atoms with E-state index in [4.69, 9.17) is 10.1 Å². The van der Waals surface area contributed by atoms with Crippen LogP contribution in [-0.4, -0.2) is 29.1 Å². The normalized spacial score (nSPS) is 11.1. The van der Waals surface area contributed by atoms with Crippen molar-refractivity contribution in [2.24, 2.45) is 0 Å². The van der Waals surface area contributed by atoms with Gasteiger partial charge in [0.2, 0.25) is 0 Å². The van der Waals surface area contributed by atoms with E-state index >= 15 is 0 Å². The van der Waals surface area contributed by atoms with Gasteiger partial charge in [-0.15, -0.1) is 0 Å². The number of rotatable bonds is 9. The van der Waals surface area contributed by atoms with Crippen LogP contribution in [0.4, 0.5) is 11.4 Å². The first-order valence-corrected chi connectivity index (χ1v) is 9.03. The van der Waals surface area contributed by atoms with Crippen molar-refractivity contribution in [3.63, 3.8) is 0 Å². The van der Waals surface area contributed by atoms with Crippen molar-refractivity contribution in [1.29, 1.82) is 5.41 Å². The number of carbonyl (C=O) groups is 2. The lowest BCUT2D eigenvalue weighted by Crippen LogP contribution is -2.32. The largest absolute Gasteiger partial charge is 0.455 e. The average molecular weight is 410 g/mol. The Bertz CT molecular complexity index is 969. The summed E-state index contributed by atoms with van der Waals surface area (Å²) in [5, 5.41) is 24.2. The van der Waals surface area contributed by atoms with E-state index in [1.165, 1.54) is 31.2 Å². The molecule has 0 aliphatic rings. The molecule has 9 nitrogen and oxygen atoms in total. The molecule has 9 heteroatoms. The van der Waals surface area contributed by atoms with Crippen LogP contribution in [0, 0.1) is 15.5 Å². The van der Waals surface area contributed by atoms with Crippen molar-refractivity contribution in [3.8, 4) is 0 Å². The first kappa shape index (κ1) is 22.3. The summed E-state index contributed by atoms with van der Waals surface area (Å²) >= 11 is 0. The maximum Gasteiger partial charge on any atom is 0.310 e. The number of nitro benzene ring substituents is 1. The van der Waals surface area contributed by atoms with Crippen LogP contribution in [0.1, 0.15) is 19.4 Å². The highest BCUT2D eigenvalue weighted by Crippen LogP contribution is 2.13. The summed E-state index contributed by atoms with van der Waals surface area (Å²) in [4.78, 5) is 34.2. The number of anilines is 1. The van der Waals surface area contributed by atoms with E-state index in [9.17, 15) is 19.7 Å². The summed E-state index contributed by atoms with van der Waals surface area (Å²) in [6.45, 7) is 2.74. The molecule has 0 bridgehead atoms. The predicted octanol–water partition coefficient (Wildman–Crippen LogP) is 3.18. The number of hydrogen-bond acceptors (Lipinski definition) is 7. The third kappa shape index (κ3) is 6.86. The molecule has 0 radical (unpaired) electrons. The SMILES string of the molecule is CC(=N)/C(NC(=O)COC(=O)Cc1ccc([N+](=O)[O-])cc1)=C(/C)Nc1ccccc1. The molecule has 0 fully saturated rings. The Hall–Kier alpha value is -4.01. The molecule has 0 atom stereocenters. The Kier molecular flexibility index (Phi) is 7.81. The number of benzene rings is 2. The Morgan fingerprint density at radius 1 is 1.07 bits per heavy atom. The van der Waals surface area contributed by atoms with Gasteiger partial charge in [-0.25, -0.2) is 0 Å². The Morgan fingerprint density at radius 3 is 2.27 bits per heavy atom. The number of nitrogens with one attached hydrogen (secondary N) is 3. The van der Waals surface area contributed by atoms with Crippen molar-refractivity contribution < 1.29 is 19.2 Å². The van der Waals surface area contributed by atoms with Gasteiger partial charge in [0.25, 0.3) is 11.6 Å². The van der Waals surface area contributed by atoms with Gasteiger partial charge in [0, 0.05) is 23.5 Å². The highest BCUT2D eigenvalue weighted by Gasteiger charge is 2.14. The van der Waals surface area contributed by atoms with E-state index in [2.05, 4.69) is 10.6 Å². The second kappa shape index (κ2) is 10.5. The molecule has 0 saturated carbocycles. The smallest absolute Gasteiger partial charge is 0.310 e. The van der Waals surface area contributed by atoms with Crippen LogP contribution in [0.2, 0.25) is 0 Å². The molecule has 0 aromatic heterocycles. The second-order valence-electron chi connectivity index (χ2n) is 6.43. The molecule has 0 heterocycles. The monoisotopic (exact) mass is 410 g/mol. The summed E-state index contributed by atoms with van der Waals surface area (Å²) in [6, 6.07) is 14.8. The minimum atomic E-state index is -0.643. The highest BCUT2D eigenvalue weighted by molar-refractivity contribution is 6.00. The van der Waals surface area contributed by atoms with E-state index in [-0.39, 0.29) is 23.5 Å². The van der Waals surface area contributed by atoms with E-state index < -0.39 is 23.4 Å². The summed E-state index contributed by atoms with van der Waals surface area (Å²) in [7, 11) is 0.